The zero-order valence-electron chi connectivity index (χ0n) is 16.2. The second-order valence-electron chi connectivity index (χ2n) is 9.31. The second-order valence-corrected chi connectivity index (χ2v) is 9.31. The van der Waals surface area contributed by atoms with Gasteiger partial charge in [-0.1, -0.05) is 44.9 Å². The van der Waals surface area contributed by atoms with Gasteiger partial charge in [0, 0.05) is 11.8 Å². The highest BCUT2D eigenvalue weighted by Crippen LogP contribution is 2.62. The first kappa shape index (κ1) is 17.5. The summed E-state index contributed by atoms with van der Waals surface area (Å²) in [5.41, 5.74) is 4.41. The van der Waals surface area contributed by atoms with Crippen molar-refractivity contribution in [2.75, 3.05) is 13.2 Å². The summed E-state index contributed by atoms with van der Waals surface area (Å²) in [5.74, 6) is 1.34. The summed E-state index contributed by atoms with van der Waals surface area (Å²) in [7, 11) is 0. The summed E-state index contributed by atoms with van der Waals surface area (Å²) < 4.78 is 11.4. The van der Waals surface area contributed by atoms with Crippen LogP contribution in [-0.2, 0) is 14.3 Å². The molecule has 4 aliphatic rings. The summed E-state index contributed by atoms with van der Waals surface area (Å²) in [6.07, 6.45) is 8.11. The topological polar surface area (TPSA) is 35.5 Å². The number of ketones is 1. The Balaban J connectivity index is 1.75. The molecule has 2 fully saturated rings. The van der Waals surface area contributed by atoms with Crippen molar-refractivity contribution in [1.82, 2.24) is 0 Å². The Morgan fingerprint density at radius 1 is 1.12 bits per heavy atom. The second kappa shape index (κ2) is 6.06. The lowest BCUT2D eigenvalue weighted by molar-refractivity contribution is -0.132. The Bertz CT molecular complexity index is 638. The Morgan fingerprint density at radius 2 is 1.84 bits per heavy atom. The molecule has 0 spiro atoms. The minimum atomic E-state index is -0.291. The summed E-state index contributed by atoms with van der Waals surface area (Å²) >= 11 is 0. The van der Waals surface area contributed by atoms with Crippen LogP contribution in [0.4, 0.5) is 0 Å². The van der Waals surface area contributed by atoms with Crippen LogP contribution in [0.15, 0.2) is 22.8 Å². The molecule has 0 radical (unpaired) electrons. The first-order chi connectivity index (χ1) is 11.8. The Hall–Kier alpha value is -0.930. The van der Waals surface area contributed by atoms with E-state index in [1.165, 1.54) is 12.8 Å². The Kier molecular flexibility index (Phi) is 4.24. The van der Waals surface area contributed by atoms with E-state index in [-0.39, 0.29) is 11.7 Å². The lowest BCUT2D eigenvalue weighted by atomic mass is 9.54. The quantitative estimate of drug-likeness (QED) is 0.674. The summed E-state index contributed by atoms with van der Waals surface area (Å²) in [5, 5.41) is 0. The third-order valence-electron chi connectivity index (χ3n) is 7.49. The minimum absolute atomic E-state index is 0.226. The monoisotopic (exact) mass is 344 g/mol. The maximum absolute atomic E-state index is 13.3. The fourth-order valence-corrected chi connectivity index (χ4v) is 5.79. The number of allylic oxidation sites excluding steroid dienone is 3. The van der Waals surface area contributed by atoms with E-state index in [1.807, 2.05) is 0 Å². The van der Waals surface area contributed by atoms with Gasteiger partial charge in [0.2, 0.25) is 0 Å². The fourth-order valence-electron chi connectivity index (χ4n) is 5.79. The molecule has 3 heteroatoms. The van der Waals surface area contributed by atoms with Gasteiger partial charge < -0.3 is 9.47 Å². The molecule has 0 N–H and O–H groups in total. The molecule has 0 unspecified atom stereocenters. The number of carbonyl (C=O) groups excluding carboxylic acids is 1. The van der Waals surface area contributed by atoms with Gasteiger partial charge in [0.05, 0.1) is 13.2 Å². The van der Waals surface area contributed by atoms with Gasteiger partial charge in [-0.2, -0.15) is 0 Å². The molecule has 1 saturated heterocycles. The third kappa shape index (κ3) is 2.66. The van der Waals surface area contributed by atoms with Crippen LogP contribution in [0.5, 0.6) is 0 Å². The first-order valence-electron chi connectivity index (χ1n) is 10.0. The number of hydrogen-bond donors (Lipinski definition) is 0. The van der Waals surface area contributed by atoms with Crippen molar-refractivity contribution in [2.45, 2.75) is 72.5 Å². The molecule has 3 atom stereocenters. The zero-order valence-corrected chi connectivity index (χ0v) is 16.2. The maximum atomic E-state index is 13.3. The molecular formula is C22H32O3. The first-order valence-corrected chi connectivity index (χ1v) is 10.0. The molecule has 0 aromatic rings. The van der Waals surface area contributed by atoms with E-state index in [0.29, 0.717) is 42.7 Å². The van der Waals surface area contributed by atoms with Gasteiger partial charge in [0.15, 0.2) is 6.29 Å². The van der Waals surface area contributed by atoms with Crippen LogP contribution >= 0.6 is 0 Å². The van der Waals surface area contributed by atoms with Crippen molar-refractivity contribution in [1.29, 1.82) is 0 Å². The molecule has 1 saturated carbocycles. The van der Waals surface area contributed by atoms with E-state index < -0.39 is 0 Å². The van der Waals surface area contributed by atoms with Crippen LogP contribution in [-0.4, -0.2) is 25.3 Å². The molecule has 1 aliphatic heterocycles. The molecule has 3 aliphatic carbocycles. The summed E-state index contributed by atoms with van der Waals surface area (Å²) in [6.45, 7) is 10.6. The van der Waals surface area contributed by atoms with Crippen molar-refractivity contribution < 1.29 is 14.3 Å². The van der Waals surface area contributed by atoms with Crippen molar-refractivity contribution >= 4 is 5.78 Å². The average molecular weight is 344 g/mol. The number of fused-ring (bicyclic) bond motifs is 3. The number of Topliss-reactive ketones (excluding diaryl/α,β-unsaturated/α-hetero) is 1. The molecule has 25 heavy (non-hydrogen) atoms. The van der Waals surface area contributed by atoms with Crippen LogP contribution < -0.4 is 0 Å². The van der Waals surface area contributed by atoms with E-state index in [4.69, 9.17) is 9.47 Å². The van der Waals surface area contributed by atoms with E-state index in [0.717, 1.165) is 24.8 Å². The summed E-state index contributed by atoms with van der Waals surface area (Å²) in [4.78, 5) is 13.3. The van der Waals surface area contributed by atoms with Gasteiger partial charge in [-0.3, -0.25) is 4.79 Å². The normalized spacial score (nSPS) is 39.5. The van der Waals surface area contributed by atoms with E-state index >= 15 is 0 Å². The SMILES string of the molecule is CC(C)C1=C2[C@H]3CC=C(C4OCCO4)CC(=O)[C@]3(C)CC[C@@]2(C)CC1. The fraction of sp³-hybridized carbons (Fsp3) is 0.773. The molecule has 3 nitrogen and oxygen atoms in total. The van der Waals surface area contributed by atoms with Gasteiger partial charge in [0.25, 0.3) is 0 Å². The van der Waals surface area contributed by atoms with E-state index in [1.54, 1.807) is 11.1 Å². The number of ether oxygens (including phenoxy) is 2. The molecule has 0 bridgehead atoms. The maximum Gasteiger partial charge on any atom is 0.180 e. The highest BCUT2D eigenvalue weighted by Gasteiger charge is 2.54. The average Bonchev–Trinajstić information content (AvgIpc) is 3.18. The van der Waals surface area contributed by atoms with Crippen molar-refractivity contribution in [3.05, 3.63) is 22.8 Å². The van der Waals surface area contributed by atoms with Gasteiger partial charge in [-0.25, -0.2) is 0 Å². The van der Waals surface area contributed by atoms with Gasteiger partial charge >= 0.3 is 0 Å². The highest BCUT2D eigenvalue weighted by molar-refractivity contribution is 5.88. The number of hydrogen-bond acceptors (Lipinski definition) is 3. The zero-order chi connectivity index (χ0) is 17.8. The van der Waals surface area contributed by atoms with Crippen LogP contribution in [0.3, 0.4) is 0 Å². The molecular weight excluding hydrogens is 312 g/mol. The van der Waals surface area contributed by atoms with E-state index in [9.17, 15) is 4.79 Å². The lowest BCUT2D eigenvalue weighted by Crippen LogP contribution is -2.44. The third-order valence-corrected chi connectivity index (χ3v) is 7.49. The molecule has 1 heterocycles. The van der Waals surface area contributed by atoms with Crippen LogP contribution in [0, 0.1) is 22.7 Å². The van der Waals surface area contributed by atoms with Crippen molar-refractivity contribution in [2.24, 2.45) is 22.7 Å². The van der Waals surface area contributed by atoms with Crippen LogP contribution in [0.25, 0.3) is 0 Å². The molecule has 0 amide bonds. The van der Waals surface area contributed by atoms with Crippen LogP contribution in [0.1, 0.15) is 66.2 Å². The van der Waals surface area contributed by atoms with Gasteiger partial charge in [-0.05, 0) is 54.9 Å². The molecule has 0 aromatic heterocycles. The van der Waals surface area contributed by atoms with Gasteiger partial charge in [-0.15, -0.1) is 0 Å². The summed E-state index contributed by atoms with van der Waals surface area (Å²) in [6, 6.07) is 0. The minimum Gasteiger partial charge on any atom is -0.346 e. The largest absolute Gasteiger partial charge is 0.346 e. The van der Waals surface area contributed by atoms with Crippen LogP contribution in [0.2, 0.25) is 0 Å². The van der Waals surface area contributed by atoms with E-state index in [2.05, 4.69) is 33.8 Å². The Morgan fingerprint density at radius 3 is 2.52 bits per heavy atom. The molecule has 138 valence electrons. The molecule has 4 rings (SSSR count). The highest BCUT2D eigenvalue weighted by atomic mass is 16.7. The lowest BCUT2D eigenvalue weighted by Gasteiger charge is -2.48. The van der Waals surface area contributed by atoms with Gasteiger partial charge in [0.1, 0.15) is 5.78 Å². The Labute approximate surface area is 151 Å². The predicted molar refractivity (Wildman–Crippen MR) is 98.1 cm³/mol. The predicted octanol–water partition coefficient (Wildman–Crippen LogP) is 4.82. The van der Waals surface area contributed by atoms with Crippen molar-refractivity contribution in [3.63, 3.8) is 0 Å². The standard InChI is InChI=1S/C22H32O3/c1-14(2)16-7-8-21(3)9-10-22(4)17(19(16)21)6-5-15(13-18(22)23)20-24-11-12-25-20/h5,14,17,20H,6-13H2,1-4H3/t17-,21-,22-/m1/s1. The number of carbonyl (C=O) groups is 1. The molecule has 0 aromatic carbocycles. The smallest absolute Gasteiger partial charge is 0.180 e. The number of rotatable bonds is 2. The van der Waals surface area contributed by atoms with Crippen molar-refractivity contribution in [3.8, 4) is 0 Å².